The fourth-order valence-electron chi connectivity index (χ4n) is 3.86. The van der Waals surface area contributed by atoms with E-state index in [-0.39, 0.29) is 18.6 Å². The summed E-state index contributed by atoms with van der Waals surface area (Å²) in [5.74, 6) is 0.547. The van der Waals surface area contributed by atoms with Gasteiger partial charge >= 0.3 is 6.03 Å². The Morgan fingerprint density at radius 2 is 1.70 bits per heavy atom. The highest BCUT2D eigenvalue weighted by Gasteiger charge is 2.49. The number of imide groups is 1. The number of nitrogens with one attached hydrogen (secondary N) is 1. The van der Waals surface area contributed by atoms with E-state index in [2.05, 4.69) is 5.32 Å². The van der Waals surface area contributed by atoms with E-state index >= 15 is 0 Å². The van der Waals surface area contributed by atoms with E-state index in [1.165, 1.54) is 4.90 Å². The third-order valence-electron chi connectivity index (χ3n) is 5.60. The van der Waals surface area contributed by atoms with E-state index in [0.717, 1.165) is 27.6 Å². The fourth-order valence-corrected chi connectivity index (χ4v) is 3.86. The van der Waals surface area contributed by atoms with E-state index in [4.69, 9.17) is 4.74 Å². The first-order valence-corrected chi connectivity index (χ1v) is 9.85. The Morgan fingerprint density at radius 3 is 2.40 bits per heavy atom. The van der Waals surface area contributed by atoms with Crippen molar-refractivity contribution in [3.63, 3.8) is 0 Å². The van der Waals surface area contributed by atoms with Crippen LogP contribution in [-0.4, -0.2) is 42.6 Å². The third kappa shape index (κ3) is 3.62. The molecule has 1 N–H and O–H groups in total. The van der Waals surface area contributed by atoms with E-state index in [9.17, 15) is 9.59 Å². The highest BCUT2D eigenvalue weighted by molar-refractivity contribution is 6.07. The van der Waals surface area contributed by atoms with Crippen LogP contribution in [-0.2, 0) is 16.9 Å². The van der Waals surface area contributed by atoms with Gasteiger partial charge in [-0.25, -0.2) is 9.69 Å². The first kappa shape index (κ1) is 19.9. The molecule has 6 heteroatoms. The number of benzene rings is 3. The van der Waals surface area contributed by atoms with Crippen LogP contribution < -0.4 is 10.1 Å². The summed E-state index contributed by atoms with van der Waals surface area (Å²) in [5.41, 5.74) is 0.768. The van der Waals surface area contributed by atoms with E-state index < -0.39 is 5.54 Å². The second-order valence-corrected chi connectivity index (χ2v) is 7.85. The predicted molar refractivity (Wildman–Crippen MR) is 116 cm³/mol. The van der Waals surface area contributed by atoms with Crippen LogP contribution in [0.1, 0.15) is 18.1 Å². The lowest BCUT2D eigenvalue weighted by molar-refractivity contribution is -0.132. The zero-order valence-corrected chi connectivity index (χ0v) is 17.4. The van der Waals surface area contributed by atoms with Gasteiger partial charge in [-0.3, -0.25) is 9.69 Å². The lowest BCUT2D eigenvalue weighted by Gasteiger charge is -2.25. The molecule has 6 nitrogen and oxygen atoms in total. The molecule has 0 bridgehead atoms. The van der Waals surface area contributed by atoms with Crippen LogP contribution >= 0.6 is 0 Å². The van der Waals surface area contributed by atoms with Gasteiger partial charge in [0, 0.05) is 6.54 Å². The highest BCUT2D eigenvalue weighted by atomic mass is 16.5. The standard InChI is InChI=1S/C24H25N3O3/c1-24(20-11-10-18-6-4-5-7-19(18)14-20)22(28)27(23(29)25-24)16-26(2)15-17-8-12-21(30-3)13-9-17/h4-14H,15-16H2,1-3H3,(H,25,29)/t24-/m1/s1. The maximum Gasteiger partial charge on any atom is 0.326 e. The SMILES string of the molecule is COc1ccc(CN(C)CN2C(=O)N[C@](C)(c3ccc4ccccc4c3)C2=O)cc1. The number of fused-ring (bicyclic) bond motifs is 1. The second-order valence-electron chi connectivity index (χ2n) is 7.85. The molecule has 0 saturated carbocycles. The van der Waals surface area contributed by atoms with Gasteiger partial charge in [-0.05, 0) is 54.1 Å². The van der Waals surface area contributed by atoms with Crippen molar-refractivity contribution in [1.82, 2.24) is 15.1 Å². The Bertz CT molecular complexity index is 1100. The first-order chi connectivity index (χ1) is 14.4. The van der Waals surface area contributed by atoms with Gasteiger partial charge in [-0.15, -0.1) is 0 Å². The van der Waals surface area contributed by atoms with Crippen molar-refractivity contribution in [2.45, 2.75) is 19.0 Å². The number of carbonyl (C=O) groups is 2. The number of nitrogens with zero attached hydrogens (tertiary/aromatic N) is 2. The van der Waals surface area contributed by atoms with Crippen LogP contribution in [0.5, 0.6) is 5.75 Å². The lowest BCUT2D eigenvalue weighted by atomic mass is 9.90. The Balaban J connectivity index is 1.50. The molecule has 1 aliphatic rings. The van der Waals surface area contributed by atoms with Crippen molar-refractivity contribution in [1.29, 1.82) is 0 Å². The van der Waals surface area contributed by atoms with E-state index in [1.807, 2.05) is 78.7 Å². The van der Waals surface area contributed by atoms with Crippen LogP contribution in [0, 0.1) is 0 Å². The minimum atomic E-state index is -1.08. The summed E-state index contributed by atoms with van der Waals surface area (Å²) >= 11 is 0. The quantitative estimate of drug-likeness (QED) is 0.638. The highest BCUT2D eigenvalue weighted by Crippen LogP contribution is 2.31. The molecule has 0 radical (unpaired) electrons. The Labute approximate surface area is 176 Å². The number of methoxy groups -OCH3 is 1. The molecule has 0 spiro atoms. The summed E-state index contributed by atoms with van der Waals surface area (Å²) in [5, 5.41) is 5.02. The molecule has 4 rings (SSSR count). The predicted octanol–water partition coefficient (Wildman–Crippen LogP) is 3.70. The molecule has 3 aromatic rings. The van der Waals surface area contributed by atoms with E-state index in [1.54, 1.807) is 14.0 Å². The number of urea groups is 1. The topological polar surface area (TPSA) is 61.9 Å². The van der Waals surface area contributed by atoms with Crippen LogP contribution in [0.15, 0.2) is 66.7 Å². The molecule has 3 amide bonds. The molecule has 1 saturated heterocycles. The third-order valence-corrected chi connectivity index (χ3v) is 5.60. The summed E-state index contributed by atoms with van der Waals surface area (Å²) in [7, 11) is 3.52. The molecule has 1 aliphatic heterocycles. The van der Waals surface area contributed by atoms with Gasteiger partial charge in [0.15, 0.2) is 0 Å². The Kier molecular flexibility index (Phi) is 5.18. The molecule has 0 aliphatic carbocycles. The maximum atomic E-state index is 13.2. The maximum absolute atomic E-state index is 13.2. The summed E-state index contributed by atoms with van der Waals surface area (Å²) in [4.78, 5) is 29.1. The number of ether oxygens (including phenoxy) is 1. The number of hydrogen-bond donors (Lipinski definition) is 1. The van der Waals surface area contributed by atoms with Gasteiger partial charge in [0.2, 0.25) is 0 Å². The van der Waals surface area contributed by atoms with Crippen LogP contribution in [0.25, 0.3) is 10.8 Å². The molecule has 0 unspecified atom stereocenters. The minimum Gasteiger partial charge on any atom is -0.497 e. The average molecular weight is 403 g/mol. The summed E-state index contributed by atoms with van der Waals surface area (Å²) in [6.07, 6.45) is 0. The number of hydrogen-bond acceptors (Lipinski definition) is 4. The minimum absolute atomic E-state index is 0.208. The monoisotopic (exact) mass is 403 g/mol. The fraction of sp³-hybridized carbons (Fsp3) is 0.250. The Morgan fingerprint density at radius 1 is 1.00 bits per heavy atom. The van der Waals surface area contributed by atoms with Gasteiger partial charge in [-0.1, -0.05) is 48.5 Å². The largest absolute Gasteiger partial charge is 0.497 e. The van der Waals surface area contributed by atoms with Crippen LogP contribution in [0.3, 0.4) is 0 Å². The number of rotatable bonds is 6. The van der Waals surface area contributed by atoms with Gasteiger partial charge < -0.3 is 10.1 Å². The van der Waals surface area contributed by atoms with Crippen LogP contribution in [0.2, 0.25) is 0 Å². The molecule has 154 valence electrons. The summed E-state index contributed by atoms with van der Waals surface area (Å²) in [6, 6.07) is 21.2. The molecule has 1 heterocycles. The van der Waals surface area contributed by atoms with Crippen molar-refractivity contribution >= 4 is 22.7 Å². The zero-order chi connectivity index (χ0) is 21.3. The number of carbonyl (C=O) groups excluding carboxylic acids is 2. The van der Waals surface area contributed by atoms with Gasteiger partial charge in [0.25, 0.3) is 5.91 Å². The van der Waals surface area contributed by atoms with Gasteiger partial charge in [0.1, 0.15) is 11.3 Å². The normalized spacial score (nSPS) is 18.9. The molecule has 0 aromatic heterocycles. The van der Waals surface area contributed by atoms with Gasteiger partial charge in [-0.2, -0.15) is 0 Å². The molecule has 30 heavy (non-hydrogen) atoms. The zero-order valence-electron chi connectivity index (χ0n) is 17.4. The smallest absolute Gasteiger partial charge is 0.326 e. The molecule has 1 atom stereocenters. The molecule has 1 fully saturated rings. The Hall–Kier alpha value is -3.38. The van der Waals surface area contributed by atoms with E-state index in [0.29, 0.717) is 6.54 Å². The second kappa shape index (κ2) is 7.80. The molecular formula is C24H25N3O3. The van der Waals surface area contributed by atoms with Crippen molar-refractivity contribution in [2.75, 3.05) is 20.8 Å². The van der Waals surface area contributed by atoms with Crippen molar-refractivity contribution < 1.29 is 14.3 Å². The summed E-state index contributed by atoms with van der Waals surface area (Å²) in [6.45, 7) is 2.58. The molecular weight excluding hydrogens is 378 g/mol. The van der Waals surface area contributed by atoms with Crippen molar-refractivity contribution in [2.24, 2.45) is 0 Å². The van der Waals surface area contributed by atoms with Crippen LogP contribution in [0.4, 0.5) is 4.79 Å². The average Bonchev–Trinajstić information content (AvgIpc) is 2.98. The van der Waals surface area contributed by atoms with Crippen molar-refractivity contribution in [3.8, 4) is 5.75 Å². The number of amides is 3. The summed E-state index contributed by atoms with van der Waals surface area (Å²) < 4.78 is 5.18. The molecule has 3 aromatic carbocycles. The first-order valence-electron chi connectivity index (χ1n) is 9.85. The van der Waals surface area contributed by atoms with Gasteiger partial charge in [0.05, 0.1) is 13.8 Å². The lowest BCUT2D eigenvalue weighted by Crippen LogP contribution is -2.42. The van der Waals surface area contributed by atoms with Crippen molar-refractivity contribution in [3.05, 3.63) is 77.9 Å².